The fourth-order valence-electron chi connectivity index (χ4n) is 2.59. The van der Waals surface area contributed by atoms with Crippen LogP contribution in [0.3, 0.4) is 0 Å². The van der Waals surface area contributed by atoms with Crippen molar-refractivity contribution in [3.8, 4) is 0 Å². The van der Waals surface area contributed by atoms with E-state index in [1.54, 1.807) is 25.1 Å². The van der Waals surface area contributed by atoms with Gasteiger partial charge in [-0.05, 0) is 44.8 Å². The van der Waals surface area contributed by atoms with Crippen LogP contribution in [-0.4, -0.2) is 34.9 Å². The Morgan fingerprint density at radius 1 is 1.27 bits per heavy atom. The number of carbonyl (C=O) groups is 1. The number of H-pyrrole nitrogens is 1. The Morgan fingerprint density at radius 2 is 1.92 bits per heavy atom. The van der Waals surface area contributed by atoms with Crippen LogP contribution in [0.4, 0.5) is 5.69 Å². The highest BCUT2D eigenvalue weighted by molar-refractivity contribution is 7.20. The molecule has 6 nitrogen and oxygen atoms in total. The zero-order chi connectivity index (χ0) is 19.0. The van der Waals surface area contributed by atoms with E-state index in [1.165, 1.54) is 11.3 Å². The van der Waals surface area contributed by atoms with Crippen LogP contribution in [0.15, 0.2) is 23.0 Å². The maximum atomic E-state index is 12.7. The fourth-order valence-corrected chi connectivity index (χ4v) is 4.22. The van der Waals surface area contributed by atoms with E-state index in [-0.39, 0.29) is 11.5 Å². The molecule has 3 rings (SSSR count). The lowest BCUT2D eigenvalue weighted by atomic mass is 10.2. The van der Waals surface area contributed by atoms with Gasteiger partial charge in [0.2, 0.25) is 0 Å². The number of aromatic nitrogens is 2. The third-order valence-electron chi connectivity index (χ3n) is 3.64. The first-order valence-electron chi connectivity index (χ1n) is 7.69. The molecule has 2 heterocycles. The van der Waals surface area contributed by atoms with Gasteiger partial charge in [-0.3, -0.25) is 9.59 Å². The predicted octanol–water partition coefficient (Wildman–Crippen LogP) is 3.91. The topological polar surface area (TPSA) is 78.1 Å². The molecule has 9 heteroatoms. The summed E-state index contributed by atoms with van der Waals surface area (Å²) in [6, 6.07) is 4.79. The van der Waals surface area contributed by atoms with Crippen LogP contribution in [-0.2, 0) is 6.54 Å². The van der Waals surface area contributed by atoms with E-state index in [0.29, 0.717) is 48.8 Å². The van der Waals surface area contributed by atoms with E-state index < -0.39 is 0 Å². The van der Waals surface area contributed by atoms with Gasteiger partial charge in [0, 0.05) is 15.7 Å². The molecule has 0 aliphatic rings. The zero-order valence-electron chi connectivity index (χ0n) is 14.3. The number of hydrogen-bond acceptors (Lipinski definition) is 5. The summed E-state index contributed by atoms with van der Waals surface area (Å²) in [6.45, 7) is 2.24. The lowest BCUT2D eigenvalue weighted by Crippen LogP contribution is -2.18. The number of halogens is 2. The molecular formula is C17H16Cl2N4O2S. The van der Waals surface area contributed by atoms with Crippen molar-refractivity contribution >= 4 is 56.3 Å². The van der Waals surface area contributed by atoms with Crippen molar-refractivity contribution in [3.05, 3.63) is 54.9 Å². The molecule has 0 radical (unpaired) electrons. The van der Waals surface area contributed by atoms with Crippen LogP contribution in [0.25, 0.3) is 10.2 Å². The molecule has 0 spiro atoms. The normalized spacial score (nSPS) is 11.3. The SMILES string of the molecule is Cc1c(C(=O)Nc2cc(Cl)cc(Cl)c2)sc2nc(CN(C)C)[nH]c(=O)c12. The predicted molar refractivity (Wildman–Crippen MR) is 107 cm³/mol. The average Bonchev–Trinajstić information content (AvgIpc) is 2.82. The minimum atomic E-state index is -0.336. The van der Waals surface area contributed by atoms with Crippen LogP contribution in [0.1, 0.15) is 21.1 Å². The maximum absolute atomic E-state index is 12.7. The summed E-state index contributed by atoms with van der Waals surface area (Å²) in [7, 11) is 3.78. The van der Waals surface area contributed by atoms with E-state index in [9.17, 15) is 9.59 Å². The highest BCUT2D eigenvalue weighted by Crippen LogP contribution is 2.29. The zero-order valence-corrected chi connectivity index (χ0v) is 16.6. The number of aryl methyl sites for hydroxylation is 1. The summed E-state index contributed by atoms with van der Waals surface area (Å²) in [4.78, 5) is 35.2. The number of anilines is 1. The first-order chi connectivity index (χ1) is 12.2. The van der Waals surface area contributed by atoms with E-state index >= 15 is 0 Å². The van der Waals surface area contributed by atoms with Crippen LogP contribution in [0, 0.1) is 6.92 Å². The van der Waals surface area contributed by atoms with E-state index in [1.807, 2.05) is 19.0 Å². The smallest absolute Gasteiger partial charge is 0.266 e. The highest BCUT2D eigenvalue weighted by Gasteiger charge is 2.20. The molecule has 2 aromatic heterocycles. The van der Waals surface area contributed by atoms with Gasteiger partial charge in [0.05, 0.1) is 16.8 Å². The Labute approximate surface area is 163 Å². The molecule has 0 bridgehead atoms. The fraction of sp³-hybridized carbons (Fsp3) is 0.235. The molecule has 26 heavy (non-hydrogen) atoms. The third kappa shape index (κ3) is 3.91. The summed E-state index contributed by atoms with van der Waals surface area (Å²) in [6.07, 6.45) is 0. The molecule has 1 amide bonds. The number of amides is 1. The monoisotopic (exact) mass is 410 g/mol. The highest BCUT2D eigenvalue weighted by atomic mass is 35.5. The molecule has 2 N–H and O–H groups in total. The number of fused-ring (bicyclic) bond motifs is 1. The number of thiophene rings is 1. The van der Waals surface area contributed by atoms with Gasteiger partial charge in [-0.1, -0.05) is 23.2 Å². The number of nitrogens with zero attached hydrogens (tertiary/aromatic N) is 2. The molecule has 0 aliphatic heterocycles. The standard InChI is InChI=1S/C17H16Cl2N4O2S/c1-8-13-15(24)21-12(7-23(2)3)22-17(13)26-14(8)16(25)20-11-5-9(18)4-10(19)6-11/h4-6H,7H2,1-3H3,(H,20,25)(H,21,22,24). The van der Waals surface area contributed by atoms with Crippen molar-refractivity contribution in [2.45, 2.75) is 13.5 Å². The number of rotatable bonds is 4. The molecule has 0 unspecified atom stereocenters. The van der Waals surface area contributed by atoms with Gasteiger partial charge in [-0.15, -0.1) is 11.3 Å². The molecule has 3 aromatic rings. The number of aromatic amines is 1. The number of benzene rings is 1. The number of carbonyl (C=O) groups excluding carboxylic acids is 1. The Morgan fingerprint density at radius 3 is 2.54 bits per heavy atom. The lowest BCUT2D eigenvalue weighted by Gasteiger charge is -2.07. The number of hydrogen-bond donors (Lipinski definition) is 2. The molecule has 0 aliphatic carbocycles. The van der Waals surface area contributed by atoms with Crippen molar-refractivity contribution in [2.75, 3.05) is 19.4 Å². The molecule has 0 atom stereocenters. The van der Waals surface area contributed by atoms with E-state index in [0.717, 1.165) is 0 Å². The van der Waals surface area contributed by atoms with Gasteiger partial charge < -0.3 is 15.2 Å². The molecule has 0 saturated carbocycles. The van der Waals surface area contributed by atoms with Crippen LogP contribution in [0.5, 0.6) is 0 Å². The summed E-state index contributed by atoms with van der Waals surface area (Å²) < 4.78 is 0. The second-order valence-corrected chi connectivity index (χ2v) is 7.97. The van der Waals surface area contributed by atoms with Gasteiger partial charge in [-0.2, -0.15) is 0 Å². The lowest BCUT2D eigenvalue weighted by molar-refractivity contribution is 0.103. The summed E-state index contributed by atoms with van der Waals surface area (Å²) in [5.74, 6) is 0.222. The Kier molecular flexibility index (Phi) is 5.34. The molecule has 0 fully saturated rings. The molecule has 136 valence electrons. The average molecular weight is 411 g/mol. The second kappa shape index (κ2) is 7.36. The molecular weight excluding hydrogens is 395 g/mol. The quantitative estimate of drug-likeness (QED) is 0.683. The van der Waals surface area contributed by atoms with E-state index in [4.69, 9.17) is 23.2 Å². The Balaban J connectivity index is 1.99. The van der Waals surface area contributed by atoms with Gasteiger partial charge in [0.25, 0.3) is 11.5 Å². The second-order valence-electron chi connectivity index (χ2n) is 6.10. The van der Waals surface area contributed by atoms with Crippen molar-refractivity contribution in [2.24, 2.45) is 0 Å². The summed E-state index contributed by atoms with van der Waals surface area (Å²) in [5.41, 5.74) is 0.839. The largest absolute Gasteiger partial charge is 0.321 e. The maximum Gasteiger partial charge on any atom is 0.266 e. The molecule has 0 saturated heterocycles. The van der Waals surface area contributed by atoms with Gasteiger partial charge in [0.15, 0.2) is 0 Å². The summed E-state index contributed by atoms with van der Waals surface area (Å²) >= 11 is 13.1. The first-order valence-corrected chi connectivity index (χ1v) is 9.26. The van der Waals surface area contributed by atoms with E-state index in [2.05, 4.69) is 15.3 Å². The van der Waals surface area contributed by atoms with Crippen molar-refractivity contribution in [1.29, 1.82) is 0 Å². The Hall–Kier alpha value is -1.93. The summed E-state index contributed by atoms with van der Waals surface area (Å²) in [5, 5.41) is 4.05. The number of nitrogens with one attached hydrogen (secondary N) is 2. The van der Waals surface area contributed by atoms with Gasteiger partial charge in [0.1, 0.15) is 10.7 Å². The first kappa shape index (κ1) is 18.8. The molecule has 1 aromatic carbocycles. The Bertz CT molecular complexity index is 1040. The third-order valence-corrected chi connectivity index (χ3v) is 5.26. The minimum absolute atomic E-state index is 0.245. The van der Waals surface area contributed by atoms with Crippen LogP contribution < -0.4 is 10.9 Å². The van der Waals surface area contributed by atoms with Crippen molar-refractivity contribution < 1.29 is 4.79 Å². The van der Waals surface area contributed by atoms with Gasteiger partial charge in [-0.25, -0.2) is 4.98 Å². The van der Waals surface area contributed by atoms with Crippen molar-refractivity contribution in [3.63, 3.8) is 0 Å². The van der Waals surface area contributed by atoms with Crippen LogP contribution >= 0.6 is 34.5 Å². The minimum Gasteiger partial charge on any atom is -0.321 e. The van der Waals surface area contributed by atoms with Crippen LogP contribution in [0.2, 0.25) is 10.0 Å². The van der Waals surface area contributed by atoms with Crippen molar-refractivity contribution in [1.82, 2.24) is 14.9 Å². The van der Waals surface area contributed by atoms with Gasteiger partial charge >= 0.3 is 0 Å².